The quantitative estimate of drug-likeness (QED) is 0.717. The van der Waals surface area contributed by atoms with Crippen LogP contribution in [-0.4, -0.2) is 25.5 Å². The monoisotopic (exact) mass is 195 g/mol. The molecule has 14 heavy (non-hydrogen) atoms. The van der Waals surface area contributed by atoms with Crippen molar-refractivity contribution in [3.8, 4) is 0 Å². The van der Waals surface area contributed by atoms with E-state index >= 15 is 0 Å². The molecule has 2 aliphatic heterocycles. The largest absolute Gasteiger partial charge is 0.490 e. The average molecular weight is 195 g/mol. The number of hydrogen-bond donors (Lipinski definition) is 1. The van der Waals surface area contributed by atoms with Crippen LogP contribution in [0.3, 0.4) is 0 Å². The van der Waals surface area contributed by atoms with Gasteiger partial charge in [-0.2, -0.15) is 0 Å². The van der Waals surface area contributed by atoms with E-state index in [9.17, 15) is 4.79 Å². The van der Waals surface area contributed by atoms with Gasteiger partial charge >= 0.3 is 0 Å². The van der Waals surface area contributed by atoms with Gasteiger partial charge in [-0.3, -0.25) is 4.79 Å². The molecule has 0 aromatic carbocycles. The Hall–Kier alpha value is -0.830. The van der Waals surface area contributed by atoms with Crippen molar-refractivity contribution in [1.29, 1.82) is 0 Å². The van der Waals surface area contributed by atoms with Gasteiger partial charge in [-0.05, 0) is 31.5 Å². The third-order valence-corrected chi connectivity index (χ3v) is 3.07. The second-order valence-electron chi connectivity index (χ2n) is 4.15. The van der Waals surface area contributed by atoms with Gasteiger partial charge < -0.3 is 10.1 Å². The predicted octanol–water partition coefficient (Wildman–Crippen LogP) is 1.11. The van der Waals surface area contributed by atoms with Gasteiger partial charge in [0, 0.05) is 12.3 Å². The molecule has 0 saturated carbocycles. The van der Waals surface area contributed by atoms with E-state index < -0.39 is 0 Å². The van der Waals surface area contributed by atoms with Crippen LogP contribution in [0.4, 0.5) is 0 Å². The minimum atomic E-state index is 0.167. The highest BCUT2D eigenvalue weighted by Gasteiger charge is 2.31. The Kier molecular flexibility index (Phi) is 2.87. The van der Waals surface area contributed by atoms with Crippen LogP contribution < -0.4 is 5.32 Å². The first-order valence-electron chi connectivity index (χ1n) is 5.37. The highest BCUT2D eigenvalue weighted by atomic mass is 16.5. The maximum Gasteiger partial charge on any atom is 0.200 e. The number of carbonyl (C=O) groups is 1. The number of ether oxygens (including phenoxy) is 1. The van der Waals surface area contributed by atoms with Crippen LogP contribution in [0, 0.1) is 11.8 Å². The van der Waals surface area contributed by atoms with Crippen molar-refractivity contribution in [3.05, 3.63) is 11.8 Å². The summed E-state index contributed by atoms with van der Waals surface area (Å²) in [5.74, 6) is 1.43. The van der Waals surface area contributed by atoms with Crippen LogP contribution in [0.1, 0.15) is 19.8 Å². The molecule has 1 fully saturated rings. The molecule has 1 N–H and O–H groups in total. The van der Waals surface area contributed by atoms with E-state index in [2.05, 4.69) is 12.2 Å². The third-order valence-electron chi connectivity index (χ3n) is 3.07. The Morgan fingerprint density at radius 2 is 2.50 bits per heavy atom. The molecule has 2 heterocycles. The maximum atomic E-state index is 12.0. The van der Waals surface area contributed by atoms with Crippen molar-refractivity contribution in [1.82, 2.24) is 5.32 Å². The second-order valence-corrected chi connectivity index (χ2v) is 4.15. The number of allylic oxidation sites excluding steroid dienone is 1. The van der Waals surface area contributed by atoms with E-state index in [1.165, 1.54) is 0 Å². The molecule has 78 valence electrons. The minimum Gasteiger partial charge on any atom is -0.490 e. The molecule has 1 saturated heterocycles. The molecule has 0 aromatic heterocycles. The standard InChI is InChI=1S/C11H17NO2/c1-8-7-12-5-4-9(8)11(13)10-3-2-6-14-10/h3,8-9,12H,2,4-7H2,1H3. The van der Waals surface area contributed by atoms with Crippen LogP contribution in [0.25, 0.3) is 0 Å². The molecule has 2 unspecified atom stereocenters. The molecule has 0 amide bonds. The average Bonchev–Trinajstić information content (AvgIpc) is 2.70. The smallest absolute Gasteiger partial charge is 0.200 e. The molecule has 0 spiro atoms. The summed E-state index contributed by atoms with van der Waals surface area (Å²) < 4.78 is 5.31. The highest BCUT2D eigenvalue weighted by Crippen LogP contribution is 2.25. The summed E-state index contributed by atoms with van der Waals surface area (Å²) in [6.45, 7) is 4.71. The third kappa shape index (κ3) is 1.82. The van der Waals surface area contributed by atoms with Crippen molar-refractivity contribution in [3.63, 3.8) is 0 Å². The van der Waals surface area contributed by atoms with Gasteiger partial charge in [0.25, 0.3) is 0 Å². The van der Waals surface area contributed by atoms with Crippen LogP contribution >= 0.6 is 0 Å². The Bertz CT molecular complexity index is 260. The van der Waals surface area contributed by atoms with Gasteiger partial charge in [0.2, 0.25) is 0 Å². The van der Waals surface area contributed by atoms with Crippen molar-refractivity contribution in [2.75, 3.05) is 19.7 Å². The lowest BCUT2D eigenvalue weighted by molar-refractivity contribution is -0.124. The highest BCUT2D eigenvalue weighted by molar-refractivity contribution is 5.95. The molecule has 3 heteroatoms. The Morgan fingerprint density at radius 3 is 3.14 bits per heavy atom. The number of piperidine rings is 1. The van der Waals surface area contributed by atoms with Crippen LogP contribution in [-0.2, 0) is 9.53 Å². The number of nitrogens with one attached hydrogen (secondary N) is 1. The fourth-order valence-corrected chi connectivity index (χ4v) is 2.18. The summed E-state index contributed by atoms with van der Waals surface area (Å²) in [4.78, 5) is 12.0. The molecule has 2 aliphatic rings. The second kappa shape index (κ2) is 4.13. The molecule has 0 radical (unpaired) electrons. The summed E-state index contributed by atoms with van der Waals surface area (Å²) in [6.07, 6.45) is 3.76. The maximum absolute atomic E-state index is 12.0. The summed E-state index contributed by atoms with van der Waals surface area (Å²) in [5.41, 5.74) is 0. The first-order valence-corrected chi connectivity index (χ1v) is 5.37. The van der Waals surface area contributed by atoms with Gasteiger partial charge in [-0.25, -0.2) is 0 Å². The zero-order valence-corrected chi connectivity index (χ0v) is 8.58. The number of Topliss-reactive ketones (excluding diaryl/α,β-unsaturated/α-hetero) is 1. The van der Waals surface area contributed by atoms with Crippen molar-refractivity contribution >= 4 is 5.78 Å². The molecule has 2 atom stereocenters. The fraction of sp³-hybridized carbons (Fsp3) is 0.727. The SMILES string of the molecule is CC1CNCCC1C(=O)C1=CCCO1. The lowest BCUT2D eigenvalue weighted by Gasteiger charge is -2.28. The van der Waals surface area contributed by atoms with E-state index in [-0.39, 0.29) is 11.7 Å². The molecular formula is C11H17NO2. The zero-order valence-electron chi connectivity index (χ0n) is 8.58. The molecule has 3 nitrogen and oxygen atoms in total. The topological polar surface area (TPSA) is 38.3 Å². The first-order chi connectivity index (χ1) is 6.79. The zero-order chi connectivity index (χ0) is 9.97. The summed E-state index contributed by atoms with van der Waals surface area (Å²) >= 11 is 0. The van der Waals surface area contributed by atoms with Gasteiger partial charge in [0.15, 0.2) is 11.5 Å². The Labute approximate surface area is 84.5 Å². The van der Waals surface area contributed by atoms with Crippen LogP contribution in [0.15, 0.2) is 11.8 Å². The van der Waals surface area contributed by atoms with E-state index in [4.69, 9.17) is 4.74 Å². The van der Waals surface area contributed by atoms with Crippen molar-refractivity contribution < 1.29 is 9.53 Å². The Morgan fingerprint density at radius 1 is 1.64 bits per heavy atom. The molecule has 0 aromatic rings. The molecule has 2 rings (SSSR count). The first kappa shape index (κ1) is 9.71. The lowest BCUT2D eigenvalue weighted by atomic mass is 9.84. The summed E-state index contributed by atoms with van der Waals surface area (Å²) in [5, 5.41) is 3.30. The fourth-order valence-electron chi connectivity index (χ4n) is 2.18. The van der Waals surface area contributed by atoms with Gasteiger partial charge in [0.05, 0.1) is 6.61 Å². The van der Waals surface area contributed by atoms with E-state index in [0.29, 0.717) is 18.3 Å². The van der Waals surface area contributed by atoms with Gasteiger partial charge in [-0.15, -0.1) is 0 Å². The van der Waals surface area contributed by atoms with Crippen molar-refractivity contribution in [2.24, 2.45) is 11.8 Å². The lowest BCUT2D eigenvalue weighted by Crippen LogP contribution is -2.39. The normalized spacial score (nSPS) is 32.2. The minimum absolute atomic E-state index is 0.167. The van der Waals surface area contributed by atoms with E-state index in [1.54, 1.807) is 0 Å². The molecular weight excluding hydrogens is 178 g/mol. The van der Waals surface area contributed by atoms with E-state index in [0.717, 1.165) is 25.9 Å². The van der Waals surface area contributed by atoms with Gasteiger partial charge in [-0.1, -0.05) is 6.92 Å². The van der Waals surface area contributed by atoms with Crippen molar-refractivity contribution in [2.45, 2.75) is 19.8 Å². The van der Waals surface area contributed by atoms with Gasteiger partial charge in [0.1, 0.15) is 0 Å². The molecule has 0 bridgehead atoms. The predicted molar refractivity (Wildman–Crippen MR) is 53.8 cm³/mol. The Balaban J connectivity index is 2.02. The summed E-state index contributed by atoms with van der Waals surface area (Å²) in [7, 11) is 0. The number of hydrogen-bond acceptors (Lipinski definition) is 3. The summed E-state index contributed by atoms with van der Waals surface area (Å²) in [6, 6.07) is 0. The van der Waals surface area contributed by atoms with E-state index in [1.807, 2.05) is 6.08 Å². The number of carbonyl (C=O) groups excluding carboxylic acids is 1. The number of ketones is 1. The van der Waals surface area contributed by atoms with Crippen LogP contribution in [0.2, 0.25) is 0 Å². The number of rotatable bonds is 2. The van der Waals surface area contributed by atoms with Crippen LogP contribution in [0.5, 0.6) is 0 Å². The molecule has 0 aliphatic carbocycles.